The second kappa shape index (κ2) is 4.82. The van der Waals surface area contributed by atoms with Gasteiger partial charge in [-0.2, -0.15) is 0 Å². The summed E-state index contributed by atoms with van der Waals surface area (Å²) in [6.07, 6.45) is 1.80. The number of aromatic hydroxyl groups is 1. The highest BCUT2D eigenvalue weighted by atomic mass is 16.5. The van der Waals surface area contributed by atoms with E-state index < -0.39 is 0 Å². The summed E-state index contributed by atoms with van der Waals surface area (Å²) in [6, 6.07) is 3.21. The van der Waals surface area contributed by atoms with Gasteiger partial charge < -0.3 is 9.84 Å². The maximum absolute atomic E-state index is 11.2. The molecule has 1 rings (SSSR count). The molecule has 0 aliphatic heterocycles. The number of carbonyl (C=O) groups excluding carboxylic acids is 1. The van der Waals surface area contributed by atoms with Crippen molar-refractivity contribution >= 4 is 5.78 Å². The van der Waals surface area contributed by atoms with E-state index in [1.807, 2.05) is 0 Å². The number of Topliss-reactive ketones (excluding diaryl/α,β-unsaturated/α-hetero) is 1. The van der Waals surface area contributed by atoms with E-state index in [-0.39, 0.29) is 11.5 Å². The average Bonchev–Trinajstić information content (AvgIpc) is 2.18. The zero-order valence-corrected chi connectivity index (χ0v) is 9.33. The van der Waals surface area contributed by atoms with Crippen molar-refractivity contribution in [3.05, 3.63) is 23.3 Å². The normalized spacial score (nSPS) is 10.1. The third kappa shape index (κ3) is 2.49. The van der Waals surface area contributed by atoms with Gasteiger partial charge in [0.1, 0.15) is 11.5 Å². The molecule has 0 aliphatic carbocycles. The summed E-state index contributed by atoms with van der Waals surface area (Å²) < 4.78 is 5.18. The molecule has 1 N–H and O–H groups in total. The molecule has 0 atom stereocenters. The molecule has 0 unspecified atom stereocenters. The molecule has 15 heavy (non-hydrogen) atoms. The molecule has 0 aliphatic rings. The number of rotatable bonds is 4. The molecule has 1 aromatic carbocycles. The SMILES string of the molecule is CCCc1cc(O)c(C(C)=O)cc1OC. The predicted molar refractivity (Wildman–Crippen MR) is 58.7 cm³/mol. The summed E-state index contributed by atoms with van der Waals surface area (Å²) >= 11 is 0. The van der Waals surface area contributed by atoms with Crippen LogP contribution < -0.4 is 4.74 Å². The van der Waals surface area contributed by atoms with Crippen LogP contribution in [0.15, 0.2) is 12.1 Å². The van der Waals surface area contributed by atoms with Crippen LogP contribution in [0.4, 0.5) is 0 Å². The Morgan fingerprint density at radius 2 is 2.13 bits per heavy atom. The minimum atomic E-state index is -0.158. The molecule has 82 valence electrons. The van der Waals surface area contributed by atoms with Gasteiger partial charge in [0.25, 0.3) is 0 Å². The molecule has 0 saturated heterocycles. The molecule has 0 saturated carbocycles. The van der Waals surface area contributed by atoms with Gasteiger partial charge in [0.2, 0.25) is 0 Å². The van der Waals surface area contributed by atoms with Gasteiger partial charge in [-0.3, -0.25) is 4.79 Å². The third-order valence-electron chi connectivity index (χ3n) is 2.30. The number of ether oxygens (including phenoxy) is 1. The first-order valence-electron chi connectivity index (χ1n) is 5.01. The average molecular weight is 208 g/mol. The first-order valence-corrected chi connectivity index (χ1v) is 5.01. The van der Waals surface area contributed by atoms with E-state index in [0.29, 0.717) is 11.3 Å². The van der Waals surface area contributed by atoms with Crippen molar-refractivity contribution in [3.8, 4) is 11.5 Å². The van der Waals surface area contributed by atoms with Crippen molar-refractivity contribution in [2.45, 2.75) is 26.7 Å². The number of aryl methyl sites for hydroxylation is 1. The van der Waals surface area contributed by atoms with E-state index in [4.69, 9.17) is 4.74 Å². The standard InChI is InChI=1S/C12H16O3/c1-4-5-9-6-11(14)10(8(2)13)7-12(9)15-3/h6-7,14H,4-5H2,1-3H3. The summed E-state index contributed by atoms with van der Waals surface area (Å²) in [4.78, 5) is 11.2. The highest BCUT2D eigenvalue weighted by Crippen LogP contribution is 2.29. The number of benzene rings is 1. The van der Waals surface area contributed by atoms with Crippen LogP contribution in [0.5, 0.6) is 11.5 Å². The Labute approximate surface area is 89.7 Å². The van der Waals surface area contributed by atoms with Crippen molar-refractivity contribution in [1.82, 2.24) is 0 Å². The lowest BCUT2D eigenvalue weighted by molar-refractivity contribution is 0.101. The van der Waals surface area contributed by atoms with Crippen molar-refractivity contribution < 1.29 is 14.6 Å². The monoisotopic (exact) mass is 208 g/mol. The van der Waals surface area contributed by atoms with Crippen molar-refractivity contribution in [3.63, 3.8) is 0 Å². The Bertz CT molecular complexity index is 369. The first kappa shape index (κ1) is 11.6. The van der Waals surface area contributed by atoms with Crippen molar-refractivity contribution in [1.29, 1.82) is 0 Å². The zero-order valence-electron chi connectivity index (χ0n) is 9.33. The smallest absolute Gasteiger partial charge is 0.163 e. The Morgan fingerprint density at radius 1 is 1.47 bits per heavy atom. The quantitative estimate of drug-likeness (QED) is 0.773. The van der Waals surface area contributed by atoms with E-state index in [0.717, 1.165) is 18.4 Å². The maximum atomic E-state index is 11.2. The lowest BCUT2D eigenvalue weighted by atomic mass is 10.0. The molecule has 3 nitrogen and oxygen atoms in total. The number of phenols is 1. The second-order valence-corrected chi connectivity index (χ2v) is 3.49. The molecule has 0 bridgehead atoms. The second-order valence-electron chi connectivity index (χ2n) is 3.49. The Balaban J connectivity index is 3.22. The minimum Gasteiger partial charge on any atom is -0.507 e. The maximum Gasteiger partial charge on any atom is 0.163 e. The Hall–Kier alpha value is -1.51. The highest BCUT2D eigenvalue weighted by molar-refractivity contribution is 5.97. The Kier molecular flexibility index (Phi) is 3.72. The van der Waals surface area contributed by atoms with Gasteiger partial charge in [-0.15, -0.1) is 0 Å². The van der Waals surface area contributed by atoms with Crippen LogP contribution in [0.2, 0.25) is 0 Å². The van der Waals surface area contributed by atoms with Crippen molar-refractivity contribution in [2.75, 3.05) is 7.11 Å². The Morgan fingerprint density at radius 3 is 2.60 bits per heavy atom. The van der Waals surface area contributed by atoms with Gasteiger partial charge in [0, 0.05) is 0 Å². The molecule has 0 fully saturated rings. The van der Waals surface area contributed by atoms with Crippen LogP contribution in [0.25, 0.3) is 0 Å². The summed E-state index contributed by atoms with van der Waals surface area (Å²) in [5.74, 6) is 0.542. The number of phenolic OH excluding ortho intramolecular Hbond substituents is 1. The lowest BCUT2D eigenvalue weighted by Crippen LogP contribution is -1.98. The lowest BCUT2D eigenvalue weighted by Gasteiger charge is -2.10. The summed E-state index contributed by atoms with van der Waals surface area (Å²) in [7, 11) is 1.56. The first-order chi connectivity index (χ1) is 7.10. The van der Waals surface area contributed by atoms with Gasteiger partial charge in [-0.05, 0) is 31.0 Å². The van der Waals surface area contributed by atoms with Gasteiger partial charge in [-0.1, -0.05) is 13.3 Å². The van der Waals surface area contributed by atoms with Crippen LogP contribution in [0.1, 0.15) is 36.2 Å². The van der Waals surface area contributed by atoms with E-state index in [9.17, 15) is 9.90 Å². The minimum absolute atomic E-state index is 0.0340. The molecule has 0 aromatic heterocycles. The van der Waals surface area contributed by atoms with Crippen LogP contribution >= 0.6 is 0 Å². The number of methoxy groups -OCH3 is 1. The summed E-state index contributed by atoms with van der Waals surface area (Å²) in [6.45, 7) is 3.48. The number of hydrogen-bond acceptors (Lipinski definition) is 3. The van der Waals surface area contributed by atoms with Crippen molar-refractivity contribution in [2.24, 2.45) is 0 Å². The van der Waals surface area contributed by atoms with Gasteiger partial charge in [0.05, 0.1) is 12.7 Å². The van der Waals surface area contributed by atoms with Gasteiger partial charge in [0.15, 0.2) is 5.78 Å². The molecule has 0 spiro atoms. The van der Waals surface area contributed by atoms with E-state index in [1.54, 1.807) is 19.2 Å². The van der Waals surface area contributed by atoms with E-state index >= 15 is 0 Å². The highest BCUT2D eigenvalue weighted by Gasteiger charge is 2.12. The molecule has 0 amide bonds. The predicted octanol–water partition coefficient (Wildman–Crippen LogP) is 2.56. The fraction of sp³-hybridized carbons (Fsp3) is 0.417. The summed E-state index contributed by atoms with van der Waals surface area (Å²) in [5, 5.41) is 9.63. The molecule has 0 heterocycles. The van der Waals surface area contributed by atoms with Crippen LogP contribution in [0, 0.1) is 0 Å². The molecular weight excluding hydrogens is 192 g/mol. The molecule has 3 heteroatoms. The number of hydrogen-bond donors (Lipinski definition) is 1. The summed E-state index contributed by atoms with van der Waals surface area (Å²) in [5.41, 5.74) is 1.24. The molecular formula is C12H16O3. The van der Waals surface area contributed by atoms with Crippen LogP contribution in [0.3, 0.4) is 0 Å². The fourth-order valence-corrected chi connectivity index (χ4v) is 1.55. The molecule has 1 aromatic rings. The zero-order chi connectivity index (χ0) is 11.4. The van der Waals surface area contributed by atoms with E-state index in [1.165, 1.54) is 6.92 Å². The topological polar surface area (TPSA) is 46.5 Å². The fourth-order valence-electron chi connectivity index (χ4n) is 1.55. The van der Waals surface area contributed by atoms with Crippen LogP contribution in [-0.4, -0.2) is 18.0 Å². The van der Waals surface area contributed by atoms with Gasteiger partial charge in [-0.25, -0.2) is 0 Å². The van der Waals surface area contributed by atoms with E-state index in [2.05, 4.69) is 6.92 Å². The number of carbonyl (C=O) groups is 1. The third-order valence-corrected chi connectivity index (χ3v) is 2.30. The van der Waals surface area contributed by atoms with Gasteiger partial charge >= 0.3 is 0 Å². The number of ketones is 1. The van der Waals surface area contributed by atoms with Crippen LogP contribution in [-0.2, 0) is 6.42 Å². The molecule has 0 radical (unpaired) electrons. The largest absolute Gasteiger partial charge is 0.507 e.